The highest BCUT2D eigenvalue weighted by Crippen LogP contribution is 2.04. The highest BCUT2D eigenvalue weighted by Gasteiger charge is 2.06. The maximum absolute atomic E-state index is 5.09. The van der Waals surface area contributed by atoms with Crippen molar-refractivity contribution < 1.29 is 0 Å². The van der Waals surface area contributed by atoms with E-state index in [9.17, 15) is 0 Å². The Bertz CT molecular complexity index is 292. The van der Waals surface area contributed by atoms with Crippen LogP contribution in [0.4, 0.5) is 0 Å². The summed E-state index contributed by atoms with van der Waals surface area (Å²) in [5, 5.41) is 4.18. The molecule has 1 heterocycles. The fourth-order valence-corrected chi connectivity index (χ4v) is 1.31. The summed E-state index contributed by atoms with van der Waals surface area (Å²) >= 11 is 5.09. The highest BCUT2D eigenvalue weighted by atomic mass is 32.1. The van der Waals surface area contributed by atoms with Crippen LogP contribution in [0.1, 0.15) is 11.3 Å². The van der Waals surface area contributed by atoms with Gasteiger partial charge in [-0.05, 0) is 6.92 Å². The lowest BCUT2D eigenvalue weighted by Crippen LogP contribution is -2.33. The number of aromatic nitrogens is 2. The zero-order chi connectivity index (χ0) is 9.14. The van der Waals surface area contributed by atoms with E-state index in [4.69, 9.17) is 12.2 Å². The first-order chi connectivity index (χ1) is 5.65. The van der Waals surface area contributed by atoms with E-state index in [1.54, 1.807) is 11.7 Å². The lowest BCUT2D eigenvalue weighted by molar-refractivity contribution is 0.756. The van der Waals surface area contributed by atoms with E-state index in [1.165, 1.54) is 0 Å². The summed E-state index contributed by atoms with van der Waals surface area (Å²) in [5.41, 5.74) is 7.51. The predicted octanol–water partition coefficient (Wildman–Crippen LogP) is 0.128. The minimum atomic E-state index is 0.670. The number of nitrogens with one attached hydrogen (secondary N) is 2. The van der Waals surface area contributed by atoms with Crippen molar-refractivity contribution in [2.24, 2.45) is 7.05 Å². The van der Waals surface area contributed by atoms with Gasteiger partial charge in [0.15, 0.2) is 0 Å². The molecule has 0 aliphatic heterocycles. The molecule has 0 amide bonds. The van der Waals surface area contributed by atoms with Crippen LogP contribution < -0.4 is 10.9 Å². The molecule has 0 atom stereocenters. The Kier molecular flexibility index (Phi) is 2.78. The predicted molar refractivity (Wildman–Crippen MR) is 51.8 cm³/mol. The molecule has 0 spiro atoms. The maximum Gasteiger partial charge on any atom is 0.124 e. The molecule has 5 heteroatoms. The largest absolute Gasteiger partial charge is 0.312 e. The van der Waals surface area contributed by atoms with Crippen molar-refractivity contribution in [2.45, 2.75) is 6.92 Å². The number of hydrogen-bond donors (Lipinski definition) is 2. The summed E-state index contributed by atoms with van der Waals surface area (Å²) < 4.78 is 1.74. The Morgan fingerprint density at radius 3 is 2.75 bits per heavy atom. The number of rotatable bonds is 2. The summed E-state index contributed by atoms with van der Waals surface area (Å²) in [6.07, 6.45) is 1.89. The number of aryl methyl sites for hydroxylation is 2. The van der Waals surface area contributed by atoms with Crippen molar-refractivity contribution in [3.05, 3.63) is 17.5 Å². The summed E-state index contributed by atoms with van der Waals surface area (Å²) in [6, 6.07) is 0. The average Bonchev–Trinajstić information content (AvgIpc) is 2.30. The zero-order valence-electron chi connectivity index (χ0n) is 7.38. The van der Waals surface area contributed by atoms with Crippen molar-refractivity contribution in [3.63, 3.8) is 0 Å². The average molecular weight is 184 g/mol. The molecule has 0 bridgehead atoms. The Balaban J connectivity index is 2.87. The molecule has 4 nitrogen and oxygen atoms in total. The van der Waals surface area contributed by atoms with Gasteiger partial charge in [0.2, 0.25) is 0 Å². The fraction of sp³-hybridized carbons (Fsp3) is 0.429. The van der Waals surface area contributed by atoms with E-state index in [-0.39, 0.29) is 0 Å². The molecule has 1 aromatic heterocycles. The van der Waals surface area contributed by atoms with E-state index < -0.39 is 0 Å². The van der Waals surface area contributed by atoms with Gasteiger partial charge in [-0.25, -0.2) is 5.43 Å². The second kappa shape index (κ2) is 3.64. The van der Waals surface area contributed by atoms with Gasteiger partial charge in [0.05, 0.1) is 11.3 Å². The fourth-order valence-electron chi connectivity index (χ4n) is 1.00. The lowest BCUT2D eigenvalue weighted by atomic mass is 10.3. The van der Waals surface area contributed by atoms with Crippen LogP contribution in [0, 0.1) is 6.92 Å². The second-order valence-corrected chi connectivity index (χ2v) is 2.91. The summed E-state index contributed by atoms with van der Waals surface area (Å²) in [7, 11) is 3.65. The maximum atomic E-state index is 5.09. The monoisotopic (exact) mass is 184 g/mol. The van der Waals surface area contributed by atoms with E-state index in [0.29, 0.717) is 4.99 Å². The molecular formula is C7H12N4S. The van der Waals surface area contributed by atoms with Gasteiger partial charge in [-0.1, -0.05) is 12.2 Å². The summed E-state index contributed by atoms with van der Waals surface area (Å²) in [6.45, 7) is 1.93. The quantitative estimate of drug-likeness (QED) is 0.506. The van der Waals surface area contributed by atoms with E-state index in [2.05, 4.69) is 16.0 Å². The summed E-state index contributed by atoms with van der Waals surface area (Å²) in [5.74, 6) is 0. The third-order valence-electron chi connectivity index (χ3n) is 1.50. The normalized spacial score (nSPS) is 9.92. The minimum absolute atomic E-state index is 0.670. The molecule has 0 unspecified atom stereocenters. The van der Waals surface area contributed by atoms with Crippen molar-refractivity contribution in [1.29, 1.82) is 0 Å². The molecule has 0 aliphatic rings. The minimum Gasteiger partial charge on any atom is -0.312 e. The third-order valence-corrected chi connectivity index (χ3v) is 1.82. The highest BCUT2D eigenvalue weighted by molar-refractivity contribution is 7.80. The number of thiocarbonyl (C=S) groups is 1. The van der Waals surface area contributed by atoms with Gasteiger partial charge in [-0.2, -0.15) is 5.10 Å². The standard InChI is InChI=1S/C7H12N4S/c1-5-6(4-11(3)10-5)7(12)9-8-2/h4,8H,1-3H3,(H,9,12). The first-order valence-electron chi connectivity index (χ1n) is 3.62. The molecule has 66 valence electrons. The molecular weight excluding hydrogens is 172 g/mol. The van der Waals surface area contributed by atoms with Gasteiger partial charge in [0, 0.05) is 20.3 Å². The molecule has 0 fully saturated rings. The first-order valence-corrected chi connectivity index (χ1v) is 4.03. The number of hydrazine groups is 1. The Morgan fingerprint density at radius 1 is 1.67 bits per heavy atom. The van der Waals surface area contributed by atoms with Gasteiger partial charge in [0.1, 0.15) is 4.99 Å². The molecule has 1 rings (SSSR count). The SMILES string of the molecule is CNNC(=S)c1cn(C)nc1C. The zero-order valence-corrected chi connectivity index (χ0v) is 8.20. The van der Waals surface area contributed by atoms with Crippen LogP contribution in [-0.2, 0) is 7.05 Å². The van der Waals surface area contributed by atoms with Crippen LogP contribution in [0.15, 0.2) is 6.20 Å². The third kappa shape index (κ3) is 1.80. The molecule has 0 aliphatic carbocycles. The lowest BCUT2D eigenvalue weighted by Gasteiger charge is -2.03. The molecule has 0 radical (unpaired) electrons. The van der Waals surface area contributed by atoms with Gasteiger partial charge in [-0.15, -0.1) is 0 Å². The molecule has 2 N–H and O–H groups in total. The van der Waals surface area contributed by atoms with Crippen molar-refractivity contribution in [3.8, 4) is 0 Å². The van der Waals surface area contributed by atoms with Gasteiger partial charge < -0.3 is 5.43 Å². The molecule has 1 aromatic rings. The Morgan fingerprint density at radius 2 is 2.33 bits per heavy atom. The first kappa shape index (κ1) is 9.15. The van der Waals surface area contributed by atoms with Crippen LogP contribution in [-0.4, -0.2) is 21.8 Å². The molecule has 0 saturated carbocycles. The van der Waals surface area contributed by atoms with Gasteiger partial charge >= 0.3 is 0 Å². The topological polar surface area (TPSA) is 41.9 Å². The smallest absolute Gasteiger partial charge is 0.124 e. The Labute approximate surface area is 76.9 Å². The van der Waals surface area contributed by atoms with Crippen LogP contribution >= 0.6 is 12.2 Å². The molecule has 0 saturated heterocycles. The molecule has 0 aromatic carbocycles. The van der Waals surface area contributed by atoms with E-state index in [1.807, 2.05) is 20.2 Å². The molecule has 12 heavy (non-hydrogen) atoms. The van der Waals surface area contributed by atoms with Crippen molar-refractivity contribution >= 4 is 17.2 Å². The van der Waals surface area contributed by atoms with Crippen molar-refractivity contribution in [1.82, 2.24) is 20.6 Å². The van der Waals surface area contributed by atoms with Crippen LogP contribution in [0.2, 0.25) is 0 Å². The van der Waals surface area contributed by atoms with E-state index >= 15 is 0 Å². The summed E-state index contributed by atoms with van der Waals surface area (Å²) in [4.78, 5) is 0.670. The van der Waals surface area contributed by atoms with Gasteiger partial charge in [-0.3, -0.25) is 4.68 Å². The second-order valence-electron chi connectivity index (χ2n) is 2.51. The van der Waals surface area contributed by atoms with Crippen LogP contribution in [0.3, 0.4) is 0 Å². The van der Waals surface area contributed by atoms with E-state index in [0.717, 1.165) is 11.3 Å². The van der Waals surface area contributed by atoms with Gasteiger partial charge in [0.25, 0.3) is 0 Å². The van der Waals surface area contributed by atoms with Crippen LogP contribution in [0.25, 0.3) is 0 Å². The van der Waals surface area contributed by atoms with Crippen LogP contribution in [0.5, 0.6) is 0 Å². The number of hydrogen-bond acceptors (Lipinski definition) is 3. The van der Waals surface area contributed by atoms with Crippen molar-refractivity contribution in [2.75, 3.05) is 7.05 Å². The number of nitrogens with zero attached hydrogens (tertiary/aromatic N) is 2. The Hall–Kier alpha value is -0.940.